The van der Waals surface area contributed by atoms with E-state index >= 15 is 0 Å². The van der Waals surface area contributed by atoms with Crippen LogP contribution in [0.3, 0.4) is 0 Å². The summed E-state index contributed by atoms with van der Waals surface area (Å²) in [6.45, 7) is 0. The normalized spacial score (nSPS) is 11.6. The van der Waals surface area contributed by atoms with Gasteiger partial charge < -0.3 is 4.98 Å². The van der Waals surface area contributed by atoms with E-state index in [9.17, 15) is 8.42 Å². The maximum Gasteiger partial charge on any atom is 0.176 e. The van der Waals surface area contributed by atoms with E-state index in [1.165, 1.54) is 6.26 Å². The Hall–Kier alpha value is -1.26. The Morgan fingerprint density at radius 1 is 1.19 bits per heavy atom. The smallest absolute Gasteiger partial charge is 0.176 e. The van der Waals surface area contributed by atoms with Gasteiger partial charge in [0.15, 0.2) is 9.84 Å². The fourth-order valence-corrected chi connectivity index (χ4v) is 2.81. The van der Waals surface area contributed by atoms with E-state index in [-0.39, 0.29) is 4.90 Å². The molecule has 0 fully saturated rings. The molecule has 1 aromatic heterocycles. The van der Waals surface area contributed by atoms with Crippen LogP contribution in [0.2, 0.25) is 5.02 Å². The van der Waals surface area contributed by atoms with Gasteiger partial charge in [0.1, 0.15) is 0 Å². The van der Waals surface area contributed by atoms with Crippen molar-refractivity contribution in [3.63, 3.8) is 0 Å². The molecule has 2 aromatic rings. The molecule has 0 atom stereocenters. The molecule has 2 rings (SSSR count). The number of hydrogen-bond acceptors (Lipinski definition) is 2. The summed E-state index contributed by atoms with van der Waals surface area (Å²) in [6, 6.07) is 8.44. The highest BCUT2D eigenvalue weighted by Crippen LogP contribution is 2.32. The molecule has 0 aliphatic heterocycles. The molecule has 0 saturated carbocycles. The fourth-order valence-electron chi connectivity index (χ4n) is 1.56. The minimum absolute atomic E-state index is 0.238. The van der Waals surface area contributed by atoms with Crippen LogP contribution in [0.4, 0.5) is 0 Å². The van der Waals surface area contributed by atoms with Crippen LogP contribution in [0.5, 0.6) is 0 Å². The summed E-state index contributed by atoms with van der Waals surface area (Å²) in [5.41, 5.74) is 1.22. The summed E-state index contributed by atoms with van der Waals surface area (Å²) in [5, 5.41) is 0.422. The topological polar surface area (TPSA) is 49.9 Å². The molecule has 1 N–H and O–H groups in total. The van der Waals surface area contributed by atoms with E-state index in [1.807, 2.05) is 0 Å². The minimum Gasteiger partial charge on any atom is -0.361 e. The van der Waals surface area contributed by atoms with Crippen LogP contribution in [0.15, 0.2) is 41.4 Å². The van der Waals surface area contributed by atoms with Gasteiger partial charge in [-0.05, 0) is 24.3 Å². The molecule has 0 saturated heterocycles. The first-order valence-corrected chi connectivity index (χ1v) is 6.89. The zero-order valence-electron chi connectivity index (χ0n) is 8.57. The van der Waals surface area contributed by atoms with Gasteiger partial charge in [-0.1, -0.05) is 17.7 Å². The van der Waals surface area contributed by atoms with Gasteiger partial charge in [-0.25, -0.2) is 8.42 Å². The summed E-state index contributed by atoms with van der Waals surface area (Å²) >= 11 is 6.04. The number of H-pyrrole nitrogens is 1. The summed E-state index contributed by atoms with van der Waals surface area (Å²) in [7, 11) is -3.29. The lowest BCUT2D eigenvalue weighted by Crippen LogP contribution is -2.00. The van der Waals surface area contributed by atoms with Gasteiger partial charge in [0.2, 0.25) is 0 Å². The molecule has 0 radical (unpaired) electrons. The first-order chi connectivity index (χ1) is 7.50. The number of nitrogens with one attached hydrogen (secondary N) is 1. The molecule has 0 aliphatic rings. The van der Waals surface area contributed by atoms with Gasteiger partial charge in [-0.3, -0.25) is 0 Å². The van der Waals surface area contributed by atoms with Crippen molar-refractivity contribution in [1.29, 1.82) is 0 Å². The van der Waals surface area contributed by atoms with E-state index in [0.717, 1.165) is 0 Å². The zero-order valence-corrected chi connectivity index (χ0v) is 10.1. The molecule has 0 amide bonds. The maximum atomic E-state index is 11.6. The average Bonchev–Trinajstić information content (AvgIpc) is 2.68. The van der Waals surface area contributed by atoms with Gasteiger partial charge in [-0.2, -0.15) is 0 Å². The summed E-state index contributed by atoms with van der Waals surface area (Å²) < 4.78 is 23.3. The van der Waals surface area contributed by atoms with Crippen LogP contribution in [0.25, 0.3) is 11.3 Å². The molecule has 84 valence electrons. The highest BCUT2D eigenvalue weighted by molar-refractivity contribution is 7.90. The van der Waals surface area contributed by atoms with Gasteiger partial charge >= 0.3 is 0 Å². The second-order valence-electron chi connectivity index (χ2n) is 3.47. The van der Waals surface area contributed by atoms with Crippen molar-refractivity contribution in [2.45, 2.75) is 4.90 Å². The van der Waals surface area contributed by atoms with Crippen LogP contribution in [-0.4, -0.2) is 19.7 Å². The standard InChI is InChI=1S/C11H10ClNO2S/c1-16(14,15)10-6-2-4-8(12)11(10)9-5-3-7-13-9/h2-7,13H,1H3. The van der Waals surface area contributed by atoms with Crippen molar-refractivity contribution in [3.05, 3.63) is 41.6 Å². The third kappa shape index (κ3) is 1.99. The number of aromatic nitrogens is 1. The van der Waals surface area contributed by atoms with Crippen LogP contribution in [-0.2, 0) is 9.84 Å². The summed E-state index contributed by atoms with van der Waals surface area (Å²) in [4.78, 5) is 3.20. The van der Waals surface area contributed by atoms with E-state index in [0.29, 0.717) is 16.3 Å². The Balaban J connectivity index is 2.78. The molecule has 16 heavy (non-hydrogen) atoms. The quantitative estimate of drug-likeness (QED) is 0.897. The van der Waals surface area contributed by atoms with Crippen LogP contribution >= 0.6 is 11.6 Å². The SMILES string of the molecule is CS(=O)(=O)c1cccc(Cl)c1-c1ccc[nH]1. The van der Waals surface area contributed by atoms with Crippen molar-refractivity contribution < 1.29 is 8.42 Å². The molecule has 0 unspecified atom stereocenters. The largest absolute Gasteiger partial charge is 0.361 e. The zero-order chi connectivity index (χ0) is 11.8. The van der Waals surface area contributed by atoms with Crippen molar-refractivity contribution in [1.82, 2.24) is 4.98 Å². The molecule has 0 aliphatic carbocycles. The Labute approximate surface area is 99.0 Å². The van der Waals surface area contributed by atoms with Gasteiger partial charge in [0.25, 0.3) is 0 Å². The lowest BCUT2D eigenvalue weighted by Gasteiger charge is -2.08. The van der Waals surface area contributed by atoms with Crippen LogP contribution in [0.1, 0.15) is 0 Å². The van der Waals surface area contributed by atoms with Gasteiger partial charge in [-0.15, -0.1) is 0 Å². The highest BCUT2D eigenvalue weighted by atomic mass is 35.5. The summed E-state index contributed by atoms with van der Waals surface area (Å²) in [5.74, 6) is 0. The molecule has 3 nitrogen and oxygen atoms in total. The molecular formula is C11H10ClNO2S. The molecule has 1 heterocycles. The van der Waals surface area contributed by atoms with Crippen molar-refractivity contribution in [3.8, 4) is 11.3 Å². The number of aromatic amines is 1. The van der Waals surface area contributed by atoms with E-state index in [2.05, 4.69) is 4.98 Å². The van der Waals surface area contributed by atoms with Gasteiger partial charge in [0.05, 0.1) is 9.92 Å². The maximum absolute atomic E-state index is 11.6. The number of hydrogen-bond donors (Lipinski definition) is 1. The Bertz CT molecular complexity index is 603. The highest BCUT2D eigenvalue weighted by Gasteiger charge is 2.17. The third-order valence-electron chi connectivity index (χ3n) is 2.24. The van der Waals surface area contributed by atoms with E-state index in [1.54, 1.807) is 36.5 Å². The Morgan fingerprint density at radius 3 is 2.50 bits per heavy atom. The number of rotatable bonds is 2. The van der Waals surface area contributed by atoms with E-state index in [4.69, 9.17) is 11.6 Å². The number of halogens is 1. The average molecular weight is 256 g/mol. The van der Waals surface area contributed by atoms with Crippen LogP contribution in [0, 0.1) is 0 Å². The van der Waals surface area contributed by atoms with Gasteiger partial charge in [0, 0.05) is 23.7 Å². The first kappa shape index (κ1) is 11.2. The first-order valence-electron chi connectivity index (χ1n) is 4.62. The minimum atomic E-state index is -3.29. The predicted molar refractivity (Wildman–Crippen MR) is 64.3 cm³/mol. The second kappa shape index (κ2) is 3.96. The number of sulfone groups is 1. The Kier molecular flexibility index (Phi) is 2.78. The Morgan fingerprint density at radius 2 is 1.94 bits per heavy atom. The summed E-state index contributed by atoms with van der Waals surface area (Å²) in [6.07, 6.45) is 2.90. The number of benzene rings is 1. The predicted octanol–water partition coefficient (Wildman–Crippen LogP) is 2.74. The molecule has 5 heteroatoms. The van der Waals surface area contributed by atoms with Crippen molar-refractivity contribution in [2.75, 3.05) is 6.26 Å². The lowest BCUT2D eigenvalue weighted by atomic mass is 10.1. The third-order valence-corrected chi connectivity index (χ3v) is 3.70. The monoisotopic (exact) mass is 255 g/mol. The second-order valence-corrected chi connectivity index (χ2v) is 5.86. The molecule has 0 bridgehead atoms. The van der Waals surface area contributed by atoms with Crippen molar-refractivity contribution >= 4 is 21.4 Å². The van der Waals surface area contributed by atoms with E-state index < -0.39 is 9.84 Å². The lowest BCUT2D eigenvalue weighted by molar-refractivity contribution is 0.602. The van der Waals surface area contributed by atoms with Crippen LogP contribution < -0.4 is 0 Å². The molecule has 1 aromatic carbocycles. The van der Waals surface area contributed by atoms with Crippen molar-refractivity contribution in [2.24, 2.45) is 0 Å². The molecule has 0 spiro atoms. The molecular weight excluding hydrogens is 246 g/mol. The fraction of sp³-hybridized carbons (Fsp3) is 0.0909.